The number of thiophene rings is 1. The molecule has 0 radical (unpaired) electrons. The predicted octanol–water partition coefficient (Wildman–Crippen LogP) is 4.11. The van der Waals surface area contributed by atoms with E-state index in [1.54, 1.807) is 0 Å². The molecule has 19 heavy (non-hydrogen) atoms. The van der Waals surface area contributed by atoms with Gasteiger partial charge in [-0.05, 0) is 38.1 Å². The molecule has 0 aliphatic heterocycles. The Morgan fingerprint density at radius 2 is 2.11 bits per heavy atom. The molecule has 2 rings (SSSR count). The summed E-state index contributed by atoms with van der Waals surface area (Å²) in [5.74, 6) is 0. The number of rotatable bonds is 6. The van der Waals surface area contributed by atoms with Crippen LogP contribution in [0.4, 0.5) is 0 Å². The van der Waals surface area contributed by atoms with Crippen molar-refractivity contribution in [2.24, 2.45) is 5.41 Å². The molecular formula is C16H25NOS. The zero-order chi connectivity index (χ0) is 13.7. The van der Waals surface area contributed by atoms with Crippen molar-refractivity contribution in [1.82, 2.24) is 4.90 Å². The molecule has 1 aliphatic carbocycles. The summed E-state index contributed by atoms with van der Waals surface area (Å²) < 4.78 is 0. The van der Waals surface area contributed by atoms with Crippen LogP contribution in [-0.2, 0) is 11.3 Å². The highest BCUT2D eigenvalue weighted by Crippen LogP contribution is 2.36. The monoisotopic (exact) mass is 279 g/mol. The highest BCUT2D eigenvalue weighted by atomic mass is 32.1. The molecule has 1 fully saturated rings. The Morgan fingerprint density at radius 3 is 2.63 bits per heavy atom. The minimum absolute atomic E-state index is 0.0836. The third-order valence-corrected chi connectivity index (χ3v) is 5.15. The zero-order valence-corrected chi connectivity index (χ0v) is 12.9. The fourth-order valence-electron chi connectivity index (χ4n) is 3.00. The molecule has 0 aromatic carbocycles. The van der Waals surface area contributed by atoms with E-state index in [9.17, 15) is 4.79 Å². The summed E-state index contributed by atoms with van der Waals surface area (Å²) in [4.78, 5) is 15.5. The minimum atomic E-state index is -0.0836. The van der Waals surface area contributed by atoms with Crippen molar-refractivity contribution in [2.45, 2.75) is 58.5 Å². The Kier molecular flexibility index (Phi) is 5.17. The van der Waals surface area contributed by atoms with Crippen LogP contribution >= 0.6 is 11.3 Å². The van der Waals surface area contributed by atoms with Gasteiger partial charge in [0.1, 0.15) is 6.29 Å². The summed E-state index contributed by atoms with van der Waals surface area (Å²) >= 11 is 1.81. The third-order valence-electron chi connectivity index (χ3n) is 4.29. The average Bonchev–Trinajstić information content (AvgIpc) is 2.92. The average molecular weight is 279 g/mol. The van der Waals surface area contributed by atoms with E-state index in [-0.39, 0.29) is 5.41 Å². The van der Waals surface area contributed by atoms with E-state index in [0.29, 0.717) is 6.04 Å². The van der Waals surface area contributed by atoms with Crippen LogP contribution in [0.1, 0.15) is 50.8 Å². The fourth-order valence-corrected chi connectivity index (χ4v) is 3.73. The van der Waals surface area contributed by atoms with E-state index in [1.165, 1.54) is 30.4 Å². The number of hydrogen-bond acceptors (Lipinski definition) is 3. The van der Waals surface area contributed by atoms with Crippen molar-refractivity contribution >= 4 is 17.6 Å². The summed E-state index contributed by atoms with van der Waals surface area (Å²) in [6.07, 6.45) is 7.11. The maximum absolute atomic E-state index is 11.6. The molecule has 0 atom stereocenters. The smallest absolute Gasteiger partial charge is 0.127 e. The fraction of sp³-hybridized carbons (Fsp3) is 0.688. The van der Waals surface area contributed by atoms with E-state index in [2.05, 4.69) is 36.3 Å². The molecule has 0 unspecified atom stereocenters. The molecule has 3 heteroatoms. The van der Waals surface area contributed by atoms with E-state index in [1.807, 2.05) is 11.3 Å². The first-order valence-corrected chi connectivity index (χ1v) is 8.26. The number of carbonyl (C=O) groups excluding carboxylic acids is 1. The predicted molar refractivity (Wildman–Crippen MR) is 81.4 cm³/mol. The topological polar surface area (TPSA) is 20.3 Å². The Hall–Kier alpha value is -0.670. The molecule has 1 aromatic rings. The molecule has 2 nitrogen and oxygen atoms in total. The summed E-state index contributed by atoms with van der Waals surface area (Å²) in [5, 5.41) is 2.13. The van der Waals surface area contributed by atoms with Crippen molar-refractivity contribution in [3.63, 3.8) is 0 Å². The van der Waals surface area contributed by atoms with Gasteiger partial charge in [-0.3, -0.25) is 4.90 Å². The van der Waals surface area contributed by atoms with Gasteiger partial charge < -0.3 is 4.79 Å². The van der Waals surface area contributed by atoms with E-state index in [0.717, 1.165) is 25.9 Å². The lowest BCUT2D eigenvalue weighted by molar-refractivity contribution is -0.119. The van der Waals surface area contributed by atoms with Crippen LogP contribution in [0.3, 0.4) is 0 Å². The largest absolute Gasteiger partial charge is 0.303 e. The molecule has 0 amide bonds. The normalized spacial score (nSPS) is 18.9. The summed E-state index contributed by atoms with van der Waals surface area (Å²) in [7, 11) is 0. The van der Waals surface area contributed by atoms with Crippen molar-refractivity contribution in [1.29, 1.82) is 0 Å². The van der Waals surface area contributed by atoms with E-state index >= 15 is 0 Å². The van der Waals surface area contributed by atoms with Gasteiger partial charge in [-0.15, -0.1) is 11.3 Å². The summed E-state index contributed by atoms with van der Waals surface area (Å²) in [6.45, 7) is 6.36. The van der Waals surface area contributed by atoms with Gasteiger partial charge in [0, 0.05) is 29.4 Å². The van der Waals surface area contributed by atoms with Gasteiger partial charge in [0.15, 0.2) is 0 Å². The Balaban J connectivity index is 2.04. The van der Waals surface area contributed by atoms with Crippen LogP contribution in [0.15, 0.2) is 17.5 Å². The van der Waals surface area contributed by atoms with Crippen LogP contribution < -0.4 is 0 Å². The standard InChI is InChI=1S/C16H25NOS/c1-14(2)17(11-15-7-6-10-19-15)12-16(13-18)8-4-3-5-9-16/h6-7,10,13-14H,3-5,8-9,11-12H2,1-2H3. The van der Waals surface area contributed by atoms with Crippen LogP contribution in [0.5, 0.6) is 0 Å². The quantitative estimate of drug-likeness (QED) is 0.730. The Morgan fingerprint density at radius 1 is 1.37 bits per heavy atom. The molecule has 0 saturated heterocycles. The maximum atomic E-state index is 11.6. The number of nitrogens with zero attached hydrogens (tertiary/aromatic N) is 1. The molecule has 1 heterocycles. The second kappa shape index (κ2) is 6.67. The first-order chi connectivity index (χ1) is 9.15. The van der Waals surface area contributed by atoms with Crippen molar-refractivity contribution < 1.29 is 4.79 Å². The number of hydrogen-bond donors (Lipinski definition) is 0. The maximum Gasteiger partial charge on any atom is 0.127 e. The van der Waals surface area contributed by atoms with Crippen LogP contribution in [-0.4, -0.2) is 23.8 Å². The lowest BCUT2D eigenvalue weighted by Crippen LogP contribution is -2.43. The Labute approximate surface area is 120 Å². The number of carbonyl (C=O) groups is 1. The zero-order valence-electron chi connectivity index (χ0n) is 12.1. The highest BCUT2D eigenvalue weighted by Gasteiger charge is 2.34. The van der Waals surface area contributed by atoms with Gasteiger partial charge in [0.05, 0.1) is 0 Å². The van der Waals surface area contributed by atoms with E-state index in [4.69, 9.17) is 0 Å². The molecule has 0 N–H and O–H groups in total. The molecule has 1 aromatic heterocycles. The van der Waals surface area contributed by atoms with Crippen LogP contribution in [0.25, 0.3) is 0 Å². The van der Waals surface area contributed by atoms with Gasteiger partial charge in [0.2, 0.25) is 0 Å². The van der Waals surface area contributed by atoms with Crippen molar-refractivity contribution in [3.05, 3.63) is 22.4 Å². The van der Waals surface area contributed by atoms with Crippen LogP contribution in [0.2, 0.25) is 0 Å². The second-order valence-corrected chi connectivity index (χ2v) is 7.15. The lowest BCUT2D eigenvalue weighted by atomic mass is 9.74. The Bertz CT molecular complexity index is 379. The third kappa shape index (κ3) is 3.90. The van der Waals surface area contributed by atoms with Gasteiger partial charge in [-0.25, -0.2) is 0 Å². The van der Waals surface area contributed by atoms with E-state index < -0.39 is 0 Å². The second-order valence-electron chi connectivity index (χ2n) is 6.12. The van der Waals surface area contributed by atoms with Gasteiger partial charge in [-0.2, -0.15) is 0 Å². The summed E-state index contributed by atoms with van der Waals surface area (Å²) in [5.41, 5.74) is -0.0836. The molecule has 0 spiro atoms. The minimum Gasteiger partial charge on any atom is -0.303 e. The SMILES string of the molecule is CC(C)N(Cc1cccs1)CC1(C=O)CCCCC1. The first-order valence-electron chi connectivity index (χ1n) is 7.38. The molecule has 106 valence electrons. The van der Waals surface area contributed by atoms with Gasteiger partial charge in [0.25, 0.3) is 0 Å². The van der Waals surface area contributed by atoms with Crippen LogP contribution in [0, 0.1) is 5.41 Å². The molecule has 1 saturated carbocycles. The number of aldehydes is 1. The molecule has 0 bridgehead atoms. The molecular weight excluding hydrogens is 254 g/mol. The lowest BCUT2D eigenvalue weighted by Gasteiger charge is -2.38. The first kappa shape index (κ1) is 14.7. The van der Waals surface area contributed by atoms with Crippen molar-refractivity contribution in [3.8, 4) is 0 Å². The molecule has 1 aliphatic rings. The highest BCUT2D eigenvalue weighted by molar-refractivity contribution is 7.09. The van der Waals surface area contributed by atoms with Crippen molar-refractivity contribution in [2.75, 3.05) is 6.54 Å². The van der Waals surface area contributed by atoms with Gasteiger partial charge in [-0.1, -0.05) is 25.3 Å². The van der Waals surface area contributed by atoms with Gasteiger partial charge >= 0.3 is 0 Å². The summed E-state index contributed by atoms with van der Waals surface area (Å²) in [6, 6.07) is 4.78.